The van der Waals surface area contributed by atoms with Gasteiger partial charge >= 0.3 is 0 Å². The Hall–Kier alpha value is -2.90. The number of pyridine rings is 1. The van der Waals surface area contributed by atoms with Crippen LogP contribution in [0, 0.1) is 27.7 Å². The van der Waals surface area contributed by atoms with Crippen LogP contribution in [-0.2, 0) is 18.3 Å². The fourth-order valence-corrected chi connectivity index (χ4v) is 3.79. The van der Waals surface area contributed by atoms with Crippen molar-refractivity contribution in [2.75, 3.05) is 0 Å². The Labute approximate surface area is 156 Å². The number of aromatic nitrogens is 4. The number of amides is 1. The molecule has 1 atom stereocenters. The number of hydrogen-bond acceptors (Lipinski definition) is 5. The Kier molecular flexibility index (Phi) is 4.91. The molecule has 1 amide bonds. The van der Waals surface area contributed by atoms with Crippen LogP contribution in [0.3, 0.4) is 0 Å². The molecule has 0 aliphatic rings. The zero-order valence-corrected chi connectivity index (χ0v) is 16.6. The van der Waals surface area contributed by atoms with Gasteiger partial charge in [-0.1, -0.05) is 5.16 Å². The Balaban J connectivity index is 1.76. The number of H-pyrrole nitrogens is 1. The topological polar surface area (TPSA) is 106 Å². The molecular weight excluding hydrogens is 346 g/mol. The maximum atomic E-state index is 12.5. The SMILES string of the molecule is Cc1noc(C)c1C(C)NC(=O)CCc1c(C)c2c(C)nn(C)c2[nH]c1=O. The number of nitrogens with one attached hydrogen (secondary N) is 2. The smallest absolute Gasteiger partial charge is 0.253 e. The summed E-state index contributed by atoms with van der Waals surface area (Å²) in [5.41, 5.74) is 4.56. The molecule has 3 rings (SSSR count). The van der Waals surface area contributed by atoms with Crippen LogP contribution in [0.1, 0.15) is 53.2 Å². The van der Waals surface area contributed by atoms with E-state index in [1.165, 1.54) is 0 Å². The van der Waals surface area contributed by atoms with Crippen molar-refractivity contribution < 1.29 is 9.32 Å². The summed E-state index contributed by atoms with van der Waals surface area (Å²) < 4.78 is 6.83. The standard InChI is InChI=1S/C19H25N5O3/c1-9-14(19(26)21-18-16(9)11(3)22-24(18)6)7-8-15(25)20-10(2)17-12(4)23-27-13(17)5/h10H,7-8H2,1-6H3,(H,20,25)(H,21,26). The second-order valence-electron chi connectivity index (χ2n) is 7.02. The molecule has 0 aliphatic carbocycles. The van der Waals surface area contributed by atoms with E-state index in [0.717, 1.165) is 27.9 Å². The molecule has 2 N–H and O–H groups in total. The van der Waals surface area contributed by atoms with Crippen LogP contribution in [-0.4, -0.2) is 25.8 Å². The Bertz CT molecular complexity index is 1050. The van der Waals surface area contributed by atoms with E-state index >= 15 is 0 Å². The highest BCUT2D eigenvalue weighted by atomic mass is 16.5. The van der Waals surface area contributed by atoms with Crippen molar-refractivity contribution in [1.82, 2.24) is 25.2 Å². The summed E-state index contributed by atoms with van der Waals surface area (Å²) in [6.07, 6.45) is 0.591. The summed E-state index contributed by atoms with van der Waals surface area (Å²) in [4.78, 5) is 27.8. The van der Waals surface area contributed by atoms with Gasteiger partial charge in [-0.05, 0) is 46.6 Å². The van der Waals surface area contributed by atoms with Gasteiger partial charge in [-0.2, -0.15) is 5.10 Å². The van der Waals surface area contributed by atoms with Crippen molar-refractivity contribution in [2.24, 2.45) is 7.05 Å². The molecule has 144 valence electrons. The van der Waals surface area contributed by atoms with E-state index in [9.17, 15) is 9.59 Å². The molecule has 8 nitrogen and oxygen atoms in total. The second kappa shape index (κ2) is 7.02. The summed E-state index contributed by atoms with van der Waals surface area (Å²) in [7, 11) is 1.80. The molecule has 3 aromatic rings. The van der Waals surface area contributed by atoms with Gasteiger partial charge in [0.15, 0.2) is 0 Å². The number of carbonyl (C=O) groups excluding carboxylic acids is 1. The largest absolute Gasteiger partial charge is 0.361 e. The minimum Gasteiger partial charge on any atom is -0.361 e. The fourth-order valence-electron chi connectivity index (χ4n) is 3.79. The molecule has 8 heteroatoms. The number of rotatable bonds is 5. The zero-order valence-electron chi connectivity index (χ0n) is 16.6. The highest BCUT2D eigenvalue weighted by molar-refractivity contribution is 5.83. The van der Waals surface area contributed by atoms with Gasteiger partial charge in [-0.3, -0.25) is 14.3 Å². The number of fused-ring (bicyclic) bond motifs is 1. The van der Waals surface area contributed by atoms with Gasteiger partial charge in [0.2, 0.25) is 5.91 Å². The minimum absolute atomic E-state index is 0.121. The third-order valence-corrected chi connectivity index (χ3v) is 5.06. The predicted molar refractivity (Wildman–Crippen MR) is 102 cm³/mol. The summed E-state index contributed by atoms with van der Waals surface area (Å²) in [5, 5.41) is 12.2. The lowest BCUT2D eigenvalue weighted by Crippen LogP contribution is -2.28. The molecule has 0 aliphatic heterocycles. The molecule has 1 unspecified atom stereocenters. The zero-order chi connectivity index (χ0) is 19.9. The Morgan fingerprint density at radius 2 is 1.96 bits per heavy atom. The molecular formula is C19H25N5O3. The molecule has 3 aromatic heterocycles. The number of nitrogens with zero attached hydrogens (tertiary/aromatic N) is 3. The van der Waals surface area contributed by atoms with E-state index in [1.807, 2.05) is 34.6 Å². The van der Waals surface area contributed by atoms with Crippen molar-refractivity contribution >= 4 is 16.9 Å². The first kappa shape index (κ1) is 18.9. The van der Waals surface area contributed by atoms with E-state index in [2.05, 4.69) is 20.6 Å². The normalized spacial score (nSPS) is 12.5. The van der Waals surface area contributed by atoms with Crippen molar-refractivity contribution in [2.45, 2.75) is 53.5 Å². The molecule has 0 spiro atoms. The summed E-state index contributed by atoms with van der Waals surface area (Å²) >= 11 is 0. The van der Waals surface area contributed by atoms with E-state index in [0.29, 0.717) is 23.4 Å². The summed E-state index contributed by atoms with van der Waals surface area (Å²) in [6, 6.07) is -0.203. The van der Waals surface area contributed by atoms with Crippen molar-refractivity contribution in [3.8, 4) is 0 Å². The highest BCUT2D eigenvalue weighted by Crippen LogP contribution is 2.22. The average Bonchev–Trinajstić information content (AvgIpc) is 3.06. The van der Waals surface area contributed by atoms with Crippen LogP contribution < -0.4 is 10.9 Å². The first-order valence-corrected chi connectivity index (χ1v) is 8.97. The molecule has 0 saturated heterocycles. The summed E-state index contributed by atoms with van der Waals surface area (Å²) in [5.74, 6) is 0.578. The lowest BCUT2D eigenvalue weighted by atomic mass is 10.0. The molecule has 3 heterocycles. The maximum absolute atomic E-state index is 12.5. The van der Waals surface area contributed by atoms with Gasteiger partial charge in [-0.15, -0.1) is 0 Å². The predicted octanol–water partition coefficient (Wildman–Crippen LogP) is 2.29. The van der Waals surface area contributed by atoms with E-state index < -0.39 is 0 Å². The lowest BCUT2D eigenvalue weighted by molar-refractivity contribution is -0.121. The maximum Gasteiger partial charge on any atom is 0.253 e. The first-order chi connectivity index (χ1) is 12.7. The van der Waals surface area contributed by atoms with Gasteiger partial charge in [-0.25, -0.2) is 0 Å². The molecule has 0 aromatic carbocycles. The van der Waals surface area contributed by atoms with Gasteiger partial charge in [0.05, 0.1) is 17.4 Å². The number of carbonyl (C=O) groups is 1. The number of aryl methyl sites for hydroxylation is 5. The van der Waals surface area contributed by atoms with Crippen LogP contribution >= 0.6 is 0 Å². The van der Waals surface area contributed by atoms with Crippen LogP contribution in [0.4, 0.5) is 0 Å². The highest BCUT2D eigenvalue weighted by Gasteiger charge is 2.19. The van der Waals surface area contributed by atoms with E-state index in [1.54, 1.807) is 11.7 Å². The van der Waals surface area contributed by atoms with Gasteiger partial charge in [0.1, 0.15) is 11.4 Å². The van der Waals surface area contributed by atoms with Crippen LogP contribution in [0.15, 0.2) is 9.32 Å². The van der Waals surface area contributed by atoms with E-state index in [-0.39, 0.29) is 23.9 Å². The number of hydrogen-bond donors (Lipinski definition) is 2. The Morgan fingerprint density at radius 3 is 2.59 bits per heavy atom. The molecule has 0 bridgehead atoms. The Morgan fingerprint density at radius 1 is 1.26 bits per heavy atom. The first-order valence-electron chi connectivity index (χ1n) is 8.97. The van der Waals surface area contributed by atoms with Crippen LogP contribution in [0.2, 0.25) is 0 Å². The second-order valence-corrected chi connectivity index (χ2v) is 7.02. The van der Waals surface area contributed by atoms with Crippen molar-refractivity contribution in [3.63, 3.8) is 0 Å². The molecule has 0 fully saturated rings. The van der Waals surface area contributed by atoms with Gasteiger partial charge in [0, 0.05) is 30.0 Å². The number of aromatic amines is 1. The third kappa shape index (κ3) is 3.39. The van der Waals surface area contributed by atoms with Crippen molar-refractivity contribution in [1.29, 1.82) is 0 Å². The fraction of sp³-hybridized carbons (Fsp3) is 0.474. The summed E-state index contributed by atoms with van der Waals surface area (Å²) in [6.45, 7) is 9.39. The third-order valence-electron chi connectivity index (χ3n) is 5.06. The molecule has 0 radical (unpaired) electrons. The molecule has 0 saturated carbocycles. The van der Waals surface area contributed by atoms with Crippen LogP contribution in [0.5, 0.6) is 0 Å². The van der Waals surface area contributed by atoms with Gasteiger partial charge in [0.25, 0.3) is 5.56 Å². The quantitative estimate of drug-likeness (QED) is 0.716. The average molecular weight is 371 g/mol. The minimum atomic E-state index is -0.203. The van der Waals surface area contributed by atoms with Crippen molar-refractivity contribution in [3.05, 3.63) is 44.2 Å². The van der Waals surface area contributed by atoms with Gasteiger partial charge < -0.3 is 14.8 Å². The molecule has 27 heavy (non-hydrogen) atoms. The van der Waals surface area contributed by atoms with E-state index in [4.69, 9.17) is 4.52 Å². The lowest BCUT2D eigenvalue weighted by Gasteiger charge is -2.14. The monoisotopic (exact) mass is 371 g/mol. The van der Waals surface area contributed by atoms with Crippen LogP contribution in [0.25, 0.3) is 11.0 Å².